The van der Waals surface area contributed by atoms with Crippen molar-refractivity contribution in [3.05, 3.63) is 41.3 Å². The van der Waals surface area contributed by atoms with Crippen LogP contribution < -0.4 is 5.73 Å². The highest BCUT2D eigenvalue weighted by molar-refractivity contribution is 5.62. The Morgan fingerprint density at radius 2 is 1.78 bits per heavy atom. The molecule has 3 nitrogen and oxygen atoms in total. The van der Waals surface area contributed by atoms with E-state index in [-0.39, 0.29) is 5.41 Å². The van der Waals surface area contributed by atoms with Crippen LogP contribution in [0.4, 0.5) is 0 Å². The largest absolute Gasteiger partial charge is 0.345 e. The third-order valence-electron chi connectivity index (χ3n) is 3.13. The summed E-state index contributed by atoms with van der Waals surface area (Å²) in [7, 11) is 0. The van der Waals surface area contributed by atoms with Gasteiger partial charge in [-0.25, -0.2) is 4.98 Å². The first-order chi connectivity index (χ1) is 8.41. The molecule has 0 amide bonds. The molecule has 0 aliphatic rings. The first kappa shape index (κ1) is 12.8. The van der Waals surface area contributed by atoms with Gasteiger partial charge in [0.15, 0.2) is 0 Å². The van der Waals surface area contributed by atoms with Crippen molar-refractivity contribution >= 4 is 0 Å². The fourth-order valence-corrected chi connectivity index (χ4v) is 2.06. The number of imidazole rings is 1. The zero-order valence-electron chi connectivity index (χ0n) is 11.5. The van der Waals surface area contributed by atoms with Crippen molar-refractivity contribution in [2.24, 2.45) is 5.73 Å². The predicted molar refractivity (Wildman–Crippen MR) is 75.4 cm³/mol. The fourth-order valence-electron chi connectivity index (χ4n) is 2.06. The Bertz CT molecular complexity index is 530. The molecule has 1 aromatic heterocycles. The molecule has 1 aromatic carbocycles. The Kier molecular flexibility index (Phi) is 3.26. The van der Waals surface area contributed by atoms with E-state index < -0.39 is 0 Å². The number of aromatic amines is 1. The van der Waals surface area contributed by atoms with Gasteiger partial charge in [0, 0.05) is 12.1 Å². The van der Waals surface area contributed by atoms with Crippen LogP contribution in [0.2, 0.25) is 0 Å². The molecule has 0 radical (unpaired) electrons. The zero-order valence-corrected chi connectivity index (χ0v) is 11.5. The van der Waals surface area contributed by atoms with Crippen molar-refractivity contribution in [1.29, 1.82) is 0 Å². The van der Waals surface area contributed by atoms with E-state index in [2.05, 4.69) is 55.0 Å². The van der Waals surface area contributed by atoms with Gasteiger partial charge in [-0.2, -0.15) is 0 Å². The van der Waals surface area contributed by atoms with Crippen LogP contribution in [0.25, 0.3) is 11.3 Å². The van der Waals surface area contributed by atoms with Crippen molar-refractivity contribution < 1.29 is 0 Å². The van der Waals surface area contributed by atoms with Crippen molar-refractivity contribution in [2.75, 3.05) is 0 Å². The Labute approximate surface area is 108 Å². The van der Waals surface area contributed by atoms with Crippen LogP contribution in [0.5, 0.6) is 0 Å². The smallest absolute Gasteiger partial charge is 0.103 e. The van der Waals surface area contributed by atoms with Gasteiger partial charge in [0.1, 0.15) is 5.82 Å². The highest BCUT2D eigenvalue weighted by Gasteiger charge is 2.14. The molecule has 0 aliphatic carbocycles. The van der Waals surface area contributed by atoms with Gasteiger partial charge in [-0.1, -0.05) is 45.0 Å². The normalized spacial score (nSPS) is 11.8. The van der Waals surface area contributed by atoms with E-state index in [1.165, 1.54) is 5.56 Å². The summed E-state index contributed by atoms with van der Waals surface area (Å²) in [5.41, 5.74) is 10.3. The number of nitrogens with one attached hydrogen (secondary N) is 1. The van der Waals surface area contributed by atoms with Gasteiger partial charge in [-0.15, -0.1) is 0 Å². The van der Waals surface area contributed by atoms with Gasteiger partial charge in [-0.3, -0.25) is 0 Å². The van der Waals surface area contributed by atoms with Crippen LogP contribution in [0.1, 0.15) is 37.9 Å². The molecule has 3 heteroatoms. The number of aromatic nitrogens is 2. The maximum Gasteiger partial charge on any atom is 0.103 e. The van der Waals surface area contributed by atoms with E-state index in [9.17, 15) is 0 Å². The topological polar surface area (TPSA) is 54.7 Å². The first-order valence-corrected chi connectivity index (χ1v) is 6.28. The van der Waals surface area contributed by atoms with Crippen LogP contribution in [0, 0.1) is 6.92 Å². The van der Waals surface area contributed by atoms with E-state index in [0.717, 1.165) is 22.8 Å². The molecule has 0 bridgehead atoms. The monoisotopic (exact) mass is 243 g/mol. The van der Waals surface area contributed by atoms with Crippen LogP contribution in [-0.2, 0) is 12.0 Å². The average Bonchev–Trinajstić information content (AvgIpc) is 2.69. The van der Waals surface area contributed by atoms with Crippen molar-refractivity contribution in [1.82, 2.24) is 9.97 Å². The summed E-state index contributed by atoms with van der Waals surface area (Å²) in [5, 5.41) is 0. The Morgan fingerprint density at radius 3 is 2.28 bits per heavy atom. The maximum atomic E-state index is 5.73. The second-order valence-electron chi connectivity index (χ2n) is 5.68. The molecular weight excluding hydrogens is 222 g/mol. The number of hydrogen-bond donors (Lipinski definition) is 2. The molecule has 96 valence electrons. The van der Waals surface area contributed by atoms with Gasteiger partial charge in [0.2, 0.25) is 0 Å². The number of benzene rings is 1. The minimum Gasteiger partial charge on any atom is -0.345 e. The quantitative estimate of drug-likeness (QED) is 0.851. The molecule has 0 saturated heterocycles. The third-order valence-corrected chi connectivity index (χ3v) is 3.13. The zero-order chi connectivity index (χ0) is 13.3. The molecular formula is C15H21N3. The fraction of sp³-hybridized carbons (Fsp3) is 0.400. The number of nitrogens with two attached hydrogens (primary N) is 1. The van der Waals surface area contributed by atoms with Crippen LogP contribution in [-0.4, -0.2) is 9.97 Å². The van der Waals surface area contributed by atoms with Gasteiger partial charge >= 0.3 is 0 Å². The van der Waals surface area contributed by atoms with Gasteiger partial charge in [0.05, 0.1) is 11.4 Å². The summed E-state index contributed by atoms with van der Waals surface area (Å²) in [4.78, 5) is 7.71. The molecule has 0 saturated carbocycles. The van der Waals surface area contributed by atoms with Gasteiger partial charge in [-0.05, 0) is 17.9 Å². The van der Waals surface area contributed by atoms with Crippen molar-refractivity contribution in [2.45, 2.75) is 39.7 Å². The van der Waals surface area contributed by atoms with Crippen LogP contribution in [0.15, 0.2) is 24.3 Å². The lowest BCUT2D eigenvalue weighted by Crippen LogP contribution is -2.10. The maximum absolute atomic E-state index is 5.73. The molecule has 3 N–H and O–H groups in total. The molecule has 0 spiro atoms. The predicted octanol–water partition coefficient (Wildman–Crippen LogP) is 3.14. The van der Waals surface area contributed by atoms with E-state index in [0.29, 0.717) is 6.54 Å². The second kappa shape index (κ2) is 4.58. The molecule has 0 aliphatic heterocycles. The SMILES string of the molecule is Cc1nc(-c2ccc(C(C)(C)C)cc2)c(CN)[nH]1. The summed E-state index contributed by atoms with van der Waals surface area (Å²) in [6, 6.07) is 8.57. The molecule has 0 atom stereocenters. The highest BCUT2D eigenvalue weighted by atomic mass is 14.9. The standard InChI is InChI=1S/C15H21N3/c1-10-17-13(9-16)14(18-10)11-5-7-12(8-6-11)15(2,3)4/h5-8H,9,16H2,1-4H3,(H,17,18). The molecule has 2 aromatic rings. The van der Waals surface area contributed by atoms with Crippen LogP contribution >= 0.6 is 0 Å². The van der Waals surface area contributed by atoms with E-state index in [1.807, 2.05) is 6.92 Å². The van der Waals surface area contributed by atoms with Crippen molar-refractivity contribution in [3.8, 4) is 11.3 Å². The van der Waals surface area contributed by atoms with E-state index in [4.69, 9.17) is 5.73 Å². The number of nitrogens with zero attached hydrogens (tertiary/aromatic N) is 1. The summed E-state index contributed by atoms with van der Waals surface area (Å²) >= 11 is 0. The average molecular weight is 243 g/mol. The summed E-state index contributed by atoms with van der Waals surface area (Å²) < 4.78 is 0. The molecule has 0 unspecified atom stereocenters. The number of aryl methyl sites for hydroxylation is 1. The van der Waals surface area contributed by atoms with Crippen molar-refractivity contribution in [3.63, 3.8) is 0 Å². The third kappa shape index (κ3) is 2.46. The molecule has 0 fully saturated rings. The number of rotatable bonds is 2. The molecule has 2 rings (SSSR count). The summed E-state index contributed by atoms with van der Waals surface area (Å²) in [6.07, 6.45) is 0. The van der Waals surface area contributed by atoms with Gasteiger partial charge < -0.3 is 10.7 Å². The van der Waals surface area contributed by atoms with E-state index in [1.54, 1.807) is 0 Å². The minimum atomic E-state index is 0.177. The number of H-pyrrole nitrogens is 1. The van der Waals surface area contributed by atoms with Crippen LogP contribution in [0.3, 0.4) is 0 Å². The van der Waals surface area contributed by atoms with Gasteiger partial charge in [0.25, 0.3) is 0 Å². The lowest BCUT2D eigenvalue weighted by atomic mass is 9.86. The minimum absolute atomic E-state index is 0.177. The summed E-state index contributed by atoms with van der Waals surface area (Å²) in [6.45, 7) is 9.08. The Balaban J connectivity index is 2.40. The first-order valence-electron chi connectivity index (χ1n) is 6.28. The lowest BCUT2D eigenvalue weighted by Gasteiger charge is -2.19. The van der Waals surface area contributed by atoms with E-state index >= 15 is 0 Å². The summed E-state index contributed by atoms with van der Waals surface area (Å²) in [5.74, 6) is 0.908. The number of hydrogen-bond acceptors (Lipinski definition) is 2. The molecule has 1 heterocycles. The Hall–Kier alpha value is -1.61. The highest BCUT2D eigenvalue weighted by Crippen LogP contribution is 2.26. The second-order valence-corrected chi connectivity index (χ2v) is 5.68. The molecule has 18 heavy (non-hydrogen) atoms. The lowest BCUT2D eigenvalue weighted by molar-refractivity contribution is 0.590. The Morgan fingerprint density at radius 1 is 1.17 bits per heavy atom.